The third kappa shape index (κ3) is 29.3. The Hall–Kier alpha value is 0.500. The Morgan fingerprint density at radius 3 is 1.44 bits per heavy atom. The molecule has 0 bridgehead atoms. The summed E-state index contributed by atoms with van der Waals surface area (Å²) in [6.45, 7) is 2.92. The minimum Gasteiger partial charge on any atom is -0.393 e. The molecule has 4 heteroatoms. The third-order valence-corrected chi connectivity index (χ3v) is 0.387. The molecule has 0 saturated heterocycles. The van der Waals surface area contributed by atoms with E-state index in [-0.39, 0.29) is 11.9 Å². The van der Waals surface area contributed by atoms with E-state index in [2.05, 4.69) is 0 Å². The van der Waals surface area contributed by atoms with E-state index in [0.717, 1.165) is 0 Å². The van der Waals surface area contributed by atoms with Gasteiger partial charge in [-0.2, -0.15) is 0 Å². The Bertz CT molecular complexity index is 51.4. The van der Waals surface area contributed by atoms with Gasteiger partial charge in [0, 0.05) is 0 Å². The molecule has 0 radical (unpaired) electrons. The highest BCUT2D eigenvalue weighted by molar-refractivity contribution is 6.40. The number of rotatable bonds is 1. The molecular weight excluding hydrogens is 163 g/mol. The number of hydrogen-bond acceptors (Lipinski definition) is 2. The molecule has 0 aromatic heterocycles. The zero-order valence-electron chi connectivity index (χ0n) is 5.56. The van der Waals surface area contributed by atoms with Crippen LogP contribution in [0.4, 0.5) is 0 Å². The summed E-state index contributed by atoms with van der Waals surface area (Å²) in [7, 11) is 0. The quantitative estimate of drug-likeness (QED) is 0.587. The number of aliphatic hydroxyl groups is 2. The van der Waals surface area contributed by atoms with Crippen LogP contribution in [-0.4, -0.2) is 27.8 Å². The van der Waals surface area contributed by atoms with Crippen LogP contribution in [0.1, 0.15) is 13.8 Å². The summed E-state index contributed by atoms with van der Waals surface area (Å²) in [6.07, 6.45) is 0. The fraction of sp³-hybridized carbons (Fsp3) is 1.00. The Morgan fingerprint density at radius 2 is 1.44 bits per heavy atom. The van der Waals surface area contributed by atoms with Gasteiger partial charge in [-0.1, -0.05) is 0 Å². The highest BCUT2D eigenvalue weighted by Crippen LogP contribution is 1.95. The molecular formula is C5H12Cl2O2. The van der Waals surface area contributed by atoms with Crippen LogP contribution >= 0.6 is 23.2 Å². The van der Waals surface area contributed by atoms with Gasteiger partial charge in [0.1, 0.15) is 0 Å². The van der Waals surface area contributed by atoms with Crippen LogP contribution in [0.2, 0.25) is 0 Å². The van der Waals surface area contributed by atoms with Gasteiger partial charge in [-0.05, 0) is 13.8 Å². The van der Waals surface area contributed by atoms with Gasteiger partial charge in [-0.15, -0.1) is 23.2 Å². The first-order valence-corrected chi connectivity index (χ1v) is 3.50. The lowest BCUT2D eigenvalue weighted by Gasteiger charge is -2.10. The standard InChI is InChI=1S/C4H10O2.CH2Cl2/c1-4(2,6)3-5;2-1-3/h5-6H,3H2,1-2H3;1H2. The summed E-state index contributed by atoms with van der Waals surface area (Å²) < 4.78 is 0. The van der Waals surface area contributed by atoms with Crippen LogP contribution in [0.15, 0.2) is 0 Å². The molecule has 0 heterocycles. The minimum atomic E-state index is -0.903. The highest BCUT2D eigenvalue weighted by Gasteiger charge is 2.07. The average molecular weight is 175 g/mol. The van der Waals surface area contributed by atoms with Crippen molar-refractivity contribution in [2.45, 2.75) is 19.4 Å². The summed E-state index contributed by atoms with van der Waals surface area (Å²) in [5.41, 5.74) is -0.903. The lowest BCUT2D eigenvalue weighted by molar-refractivity contribution is 0.0183. The SMILES string of the molecule is CC(C)(O)CO.ClCCl. The predicted octanol–water partition coefficient (Wildman–Crippen LogP) is 1.17. The van der Waals surface area contributed by atoms with Crippen molar-refractivity contribution in [2.75, 3.05) is 11.9 Å². The van der Waals surface area contributed by atoms with Crippen molar-refractivity contribution in [1.29, 1.82) is 0 Å². The first-order valence-electron chi connectivity index (χ1n) is 2.43. The zero-order valence-corrected chi connectivity index (χ0v) is 7.08. The van der Waals surface area contributed by atoms with Gasteiger partial charge in [0.2, 0.25) is 0 Å². The first-order chi connectivity index (χ1) is 3.97. The lowest BCUT2D eigenvalue weighted by atomic mass is 10.2. The van der Waals surface area contributed by atoms with Crippen molar-refractivity contribution < 1.29 is 10.2 Å². The molecule has 0 aromatic rings. The normalized spacial score (nSPS) is 10.0. The Morgan fingerprint density at radius 1 is 1.33 bits per heavy atom. The first kappa shape index (κ1) is 12.2. The number of hydrogen-bond donors (Lipinski definition) is 2. The molecule has 0 saturated carbocycles. The van der Waals surface area contributed by atoms with Crippen LogP contribution in [0, 0.1) is 0 Å². The van der Waals surface area contributed by atoms with Gasteiger partial charge in [0.05, 0.1) is 17.5 Å². The van der Waals surface area contributed by atoms with Gasteiger partial charge in [0.25, 0.3) is 0 Å². The van der Waals surface area contributed by atoms with Crippen LogP contribution < -0.4 is 0 Å². The summed E-state index contributed by atoms with van der Waals surface area (Å²) in [6, 6.07) is 0. The second-order valence-corrected chi connectivity index (χ2v) is 2.88. The lowest BCUT2D eigenvalue weighted by Crippen LogP contribution is -2.23. The van der Waals surface area contributed by atoms with Gasteiger partial charge >= 0.3 is 0 Å². The fourth-order valence-electron chi connectivity index (χ4n) is 0. The van der Waals surface area contributed by atoms with Crippen molar-refractivity contribution in [3.8, 4) is 0 Å². The Balaban J connectivity index is 0. The average Bonchev–Trinajstić information content (AvgIpc) is 1.67. The van der Waals surface area contributed by atoms with Gasteiger partial charge in [-0.25, -0.2) is 0 Å². The maximum atomic E-state index is 8.58. The van der Waals surface area contributed by atoms with Crippen LogP contribution in [0.3, 0.4) is 0 Å². The fourth-order valence-corrected chi connectivity index (χ4v) is 0. The van der Waals surface area contributed by atoms with Crippen LogP contribution in [-0.2, 0) is 0 Å². The monoisotopic (exact) mass is 174 g/mol. The van der Waals surface area contributed by atoms with Gasteiger partial charge < -0.3 is 10.2 Å². The van der Waals surface area contributed by atoms with E-state index in [1.165, 1.54) is 0 Å². The molecule has 2 nitrogen and oxygen atoms in total. The van der Waals surface area contributed by atoms with E-state index in [9.17, 15) is 0 Å². The van der Waals surface area contributed by atoms with Crippen molar-refractivity contribution in [2.24, 2.45) is 0 Å². The van der Waals surface area contributed by atoms with E-state index in [0.29, 0.717) is 0 Å². The van der Waals surface area contributed by atoms with Crippen LogP contribution in [0.5, 0.6) is 0 Å². The smallest absolute Gasteiger partial charge is 0.0967 e. The molecule has 0 aliphatic carbocycles. The summed E-state index contributed by atoms with van der Waals surface area (Å²) in [5.74, 6) is 0. The van der Waals surface area contributed by atoms with E-state index < -0.39 is 5.60 Å². The minimum absolute atomic E-state index is 0.174. The topological polar surface area (TPSA) is 40.5 Å². The molecule has 0 aliphatic rings. The summed E-state index contributed by atoms with van der Waals surface area (Å²) >= 11 is 9.53. The molecule has 0 aromatic carbocycles. The second-order valence-electron chi connectivity index (χ2n) is 2.07. The molecule has 0 rings (SSSR count). The maximum absolute atomic E-state index is 8.58. The summed E-state index contributed by atoms with van der Waals surface area (Å²) in [5, 5.41) is 16.9. The molecule has 9 heavy (non-hydrogen) atoms. The van der Waals surface area contributed by atoms with Gasteiger partial charge in [-0.3, -0.25) is 0 Å². The Kier molecular flexibility index (Phi) is 8.97. The second kappa shape index (κ2) is 6.62. The number of halogens is 2. The van der Waals surface area contributed by atoms with E-state index >= 15 is 0 Å². The van der Waals surface area contributed by atoms with Crippen molar-refractivity contribution in [3.05, 3.63) is 0 Å². The highest BCUT2D eigenvalue weighted by atomic mass is 35.5. The zero-order chi connectivity index (χ0) is 7.91. The number of alkyl halides is 2. The molecule has 58 valence electrons. The van der Waals surface area contributed by atoms with Crippen LogP contribution in [0.25, 0.3) is 0 Å². The van der Waals surface area contributed by atoms with Crippen molar-refractivity contribution in [3.63, 3.8) is 0 Å². The maximum Gasteiger partial charge on any atom is 0.0967 e. The Labute approximate surface area is 65.4 Å². The molecule has 0 aliphatic heterocycles. The van der Waals surface area contributed by atoms with E-state index in [4.69, 9.17) is 33.4 Å². The van der Waals surface area contributed by atoms with Crippen molar-refractivity contribution in [1.82, 2.24) is 0 Å². The summed E-state index contributed by atoms with van der Waals surface area (Å²) in [4.78, 5) is 0. The molecule has 0 fully saturated rings. The third-order valence-electron chi connectivity index (χ3n) is 0.387. The molecule has 0 spiro atoms. The van der Waals surface area contributed by atoms with Gasteiger partial charge in [0.15, 0.2) is 0 Å². The predicted molar refractivity (Wildman–Crippen MR) is 40.0 cm³/mol. The van der Waals surface area contributed by atoms with E-state index in [1.54, 1.807) is 13.8 Å². The van der Waals surface area contributed by atoms with Crippen molar-refractivity contribution >= 4 is 23.2 Å². The number of aliphatic hydroxyl groups excluding tert-OH is 1. The molecule has 0 atom stereocenters. The molecule has 0 unspecified atom stereocenters. The largest absolute Gasteiger partial charge is 0.393 e. The molecule has 0 amide bonds. The van der Waals surface area contributed by atoms with E-state index in [1.807, 2.05) is 0 Å². The molecule has 2 N–H and O–H groups in total.